The van der Waals surface area contributed by atoms with Crippen molar-refractivity contribution in [1.82, 2.24) is 10.3 Å². The summed E-state index contributed by atoms with van der Waals surface area (Å²) in [4.78, 5) is 3.78. The Labute approximate surface area is 104 Å². The molecule has 0 aromatic carbocycles. The summed E-state index contributed by atoms with van der Waals surface area (Å²) in [5.74, 6) is 0. The Hall–Kier alpha value is -1.14. The number of methoxy groups -OCH3 is 1. The summed E-state index contributed by atoms with van der Waals surface area (Å²) in [7, 11) is 1.47. The van der Waals surface area contributed by atoms with Gasteiger partial charge in [-0.25, -0.2) is 0 Å². The van der Waals surface area contributed by atoms with Crippen LogP contribution in [0.15, 0.2) is 18.5 Å². The van der Waals surface area contributed by atoms with Crippen LogP contribution in [-0.2, 0) is 10.9 Å². The summed E-state index contributed by atoms with van der Waals surface area (Å²) in [5.41, 5.74) is -0.562. The standard InChI is InChI=1S/C12H17F3N2O/c1-4-17-11(8(2)18-3)9-7-16-6-5-10(9)12(13,14)15/h5-8,11,17H,4H2,1-3H3. The molecule has 0 aliphatic carbocycles. The van der Waals surface area contributed by atoms with E-state index in [-0.39, 0.29) is 11.7 Å². The molecule has 2 unspecified atom stereocenters. The molecule has 6 heteroatoms. The van der Waals surface area contributed by atoms with Gasteiger partial charge in [-0.3, -0.25) is 4.98 Å². The minimum Gasteiger partial charge on any atom is -0.380 e. The van der Waals surface area contributed by atoms with Gasteiger partial charge >= 0.3 is 6.18 Å². The number of halogens is 3. The zero-order valence-corrected chi connectivity index (χ0v) is 10.6. The Morgan fingerprint density at radius 1 is 1.44 bits per heavy atom. The van der Waals surface area contributed by atoms with E-state index in [1.165, 1.54) is 13.3 Å². The first-order valence-corrected chi connectivity index (χ1v) is 5.69. The van der Waals surface area contributed by atoms with Crippen LogP contribution in [0.4, 0.5) is 13.2 Å². The van der Waals surface area contributed by atoms with E-state index in [9.17, 15) is 13.2 Å². The quantitative estimate of drug-likeness (QED) is 0.886. The fourth-order valence-electron chi connectivity index (χ4n) is 1.80. The molecule has 102 valence electrons. The number of likely N-dealkylation sites (N-methyl/N-ethyl adjacent to an activating group) is 1. The lowest BCUT2D eigenvalue weighted by atomic mass is 9.98. The highest BCUT2D eigenvalue weighted by Gasteiger charge is 2.36. The highest BCUT2D eigenvalue weighted by Crippen LogP contribution is 2.35. The number of alkyl halides is 3. The van der Waals surface area contributed by atoms with Gasteiger partial charge in [-0.2, -0.15) is 13.2 Å². The number of rotatable bonds is 5. The van der Waals surface area contributed by atoms with Crippen LogP contribution in [0.5, 0.6) is 0 Å². The van der Waals surface area contributed by atoms with Gasteiger partial charge < -0.3 is 10.1 Å². The van der Waals surface area contributed by atoms with Gasteiger partial charge in [-0.05, 0) is 19.5 Å². The molecular weight excluding hydrogens is 245 g/mol. The number of hydrogen-bond donors (Lipinski definition) is 1. The summed E-state index contributed by atoms with van der Waals surface area (Å²) in [6.07, 6.45) is -2.38. The summed E-state index contributed by atoms with van der Waals surface area (Å²) in [6, 6.07) is 0.451. The third kappa shape index (κ3) is 3.43. The SMILES string of the molecule is CCNC(c1cnccc1C(F)(F)F)C(C)OC. The van der Waals surface area contributed by atoms with Gasteiger partial charge in [0.1, 0.15) is 0 Å². The molecule has 0 fully saturated rings. The van der Waals surface area contributed by atoms with Gasteiger partial charge in [0.25, 0.3) is 0 Å². The third-order valence-electron chi connectivity index (χ3n) is 2.76. The van der Waals surface area contributed by atoms with E-state index in [1.54, 1.807) is 6.92 Å². The predicted octanol–water partition coefficient (Wildman–Crippen LogP) is 2.79. The normalized spacial score (nSPS) is 15.4. The van der Waals surface area contributed by atoms with Crippen LogP contribution in [0.25, 0.3) is 0 Å². The maximum Gasteiger partial charge on any atom is 0.416 e. The van der Waals surface area contributed by atoms with E-state index in [0.29, 0.717) is 6.54 Å². The fraction of sp³-hybridized carbons (Fsp3) is 0.583. The first kappa shape index (κ1) is 14.9. The summed E-state index contributed by atoms with van der Waals surface area (Å²) in [5, 5.41) is 3.00. The van der Waals surface area contributed by atoms with Crippen molar-refractivity contribution in [3.8, 4) is 0 Å². The van der Waals surface area contributed by atoms with Crippen LogP contribution >= 0.6 is 0 Å². The van der Waals surface area contributed by atoms with Crippen LogP contribution in [0.2, 0.25) is 0 Å². The Balaban J connectivity index is 3.19. The first-order valence-electron chi connectivity index (χ1n) is 5.69. The van der Waals surface area contributed by atoms with E-state index in [1.807, 2.05) is 6.92 Å². The molecule has 1 N–H and O–H groups in total. The summed E-state index contributed by atoms with van der Waals surface area (Å²) >= 11 is 0. The molecule has 18 heavy (non-hydrogen) atoms. The number of nitrogens with zero attached hydrogens (tertiary/aromatic N) is 1. The Morgan fingerprint density at radius 2 is 2.11 bits per heavy atom. The largest absolute Gasteiger partial charge is 0.416 e. The van der Waals surface area contributed by atoms with E-state index < -0.39 is 17.8 Å². The molecule has 1 heterocycles. The zero-order valence-electron chi connectivity index (χ0n) is 10.6. The van der Waals surface area contributed by atoms with Crippen LogP contribution in [0.1, 0.15) is 31.0 Å². The highest BCUT2D eigenvalue weighted by molar-refractivity contribution is 5.30. The molecule has 1 aromatic rings. The molecule has 0 bridgehead atoms. The van der Waals surface area contributed by atoms with Gasteiger partial charge in [0.15, 0.2) is 0 Å². The third-order valence-corrected chi connectivity index (χ3v) is 2.76. The van der Waals surface area contributed by atoms with E-state index in [4.69, 9.17) is 4.74 Å². The van der Waals surface area contributed by atoms with Gasteiger partial charge in [0.05, 0.1) is 17.7 Å². The Morgan fingerprint density at radius 3 is 2.61 bits per heavy atom. The number of ether oxygens (including phenoxy) is 1. The maximum absolute atomic E-state index is 12.9. The molecule has 0 saturated carbocycles. The lowest BCUT2D eigenvalue weighted by molar-refractivity contribution is -0.138. The first-order chi connectivity index (χ1) is 8.41. The monoisotopic (exact) mass is 262 g/mol. The second-order valence-electron chi connectivity index (χ2n) is 3.94. The van der Waals surface area contributed by atoms with Crippen molar-refractivity contribution in [1.29, 1.82) is 0 Å². The average molecular weight is 262 g/mol. The number of hydrogen-bond acceptors (Lipinski definition) is 3. The van der Waals surface area contributed by atoms with Gasteiger partial charge in [0.2, 0.25) is 0 Å². The lowest BCUT2D eigenvalue weighted by Gasteiger charge is -2.26. The molecule has 1 aromatic heterocycles. The van der Waals surface area contributed by atoms with Crippen LogP contribution in [0.3, 0.4) is 0 Å². The Kier molecular flexibility index (Phi) is 5.10. The predicted molar refractivity (Wildman–Crippen MR) is 62.1 cm³/mol. The molecular formula is C12H17F3N2O. The van der Waals surface area contributed by atoms with Gasteiger partial charge in [-0.1, -0.05) is 6.92 Å². The molecule has 0 amide bonds. The van der Waals surface area contributed by atoms with Crippen molar-refractivity contribution in [2.24, 2.45) is 0 Å². The number of nitrogens with one attached hydrogen (secondary N) is 1. The van der Waals surface area contributed by atoms with Crippen molar-refractivity contribution in [3.05, 3.63) is 29.6 Å². The second-order valence-corrected chi connectivity index (χ2v) is 3.94. The molecule has 0 saturated heterocycles. The van der Waals surface area contributed by atoms with Crippen LogP contribution in [-0.4, -0.2) is 24.7 Å². The minimum absolute atomic E-state index is 0.112. The van der Waals surface area contributed by atoms with E-state index in [0.717, 1.165) is 12.3 Å². The van der Waals surface area contributed by atoms with Crippen molar-refractivity contribution in [3.63, 3.8) is 0 Å². The topological polar surface area (TPSA) is 34.2 Å². The fourth-order valence-corrected chi connectivity index (χ4v) is 1.80. The van der Waals surface area contributed by atoms with Crippen molar-refractivity contribution in [2.45, 2.75) is 32.2 Å². The summed E-state index contributed by atoms with van der Waals surface area (Å²) in [6.45, 7) is 4.10. The molecule has 0 aliphatic rings. The second kappa shape index (κ2) is 6.15. The van der Waals surface area contributed by atoms with Crippen LogP contribution < -0.4 is 5.32 Å². The number of pyridine rings is 1. The van der Waals surface area contributed by atoms with Crippen LogP contribution in [0, 0.1) is 0 Å². The van der Waals surface area contributed by atoms with Crippen molar-refractivity contribution in [2.75, 3.05) is 13.7 Å². The zero-order chi connectivity index (χ0) is 13.8. The highest BCUT2D eigenvalue weighted by atomic mass is 19.4. The smallest absolute Gasteiger partial charge is 0.380 e. The lowest BCUT2D eigenvalue weighted by Crippen LogP contribution is -2.33. The minimum atomic E-state index is -4.39. The van der Waals surface area contributed by atoms with Crippen molar-refractivity contribution < 1.29 is 17.9 Å². The van der Waals surface area contributed by atoms with Gasteiger partial charge in [0, 0.05) is 25.1 Å². The maximum atomic E-state index is 12.9. The molecule has 0 radical (unpaired) electrons. The summed E-state index contributed by atoms with van der Waals surface area (Å²) < 4.78 is 43.9. The molecule has 0 aliphatic heterocycles. The molecule has 2 atom stereocenters. The molecule has 1 rings (SSSR count). The number of aromatic nitrogens is 1. The van der Waals surface area contributed by atoms with Crippen molar-refractivity contribution >= 4 is 0 Å². The molecule has 0 spiro atoms. The molecule has 3 nitrogen and oxygen atoms in total. The average Bonchev–Trinajstić information content (AvgIpc) is 2.34. The van der Waals surface area contributed by atoms with Gasteiger partial charge in [-0.15, -0.1) is 0 Å². The van der Waals surface area contributed by atoms with E-state index in [2.05, 4.69) is 10.3 Å². The Bertz CT molecular complexity index is 382. The van der Waals surface area contributed by atoms with E-state index >= 15 is 0 Å².